The SMILES string of the molecule is CC[C@H](NC(=O)[C@H](C)NC(=O)[C@@H](N)CO)C(=O)N[C@@H](CCCN=C(N)N)C(=O)N[C@@H](CC(N)=O)C(=O)N[C@@H](CC(C)C)C(=O)N[C@@H](Cc1ccccc1)C(=O)NCC(N)=O. The van der Waals surface area contributed by atoms with E-state index in [1.54, 1.807) is 51.1 Å². The van der Waals surface area contributed by atoms with Gasteiger partial charge in [-0.05, 0) is 44.1 Å². The number of guanidine groups is 1. The first kappa shape index (κ1) is 51.7. The van der Waals surface area contributed by atoms with Crippen LogP contribution in [0.5, 0.6) is 0 Å². The van der Waals surface area contributed by atoms with Gasteiger partial charge in [-0.25, -0.2) is 0 Å². The third-order valence-corrected chi connectivity index (χ3v) is 8.64. The molecule has 1 aromatic carbocycles. The number of benzene rings is 1. The lowest BCUT2D eigenvalue weighted by Crippen LogP contribution is -2.60. The van der Waals surface area contributed by atoms with Crippen LogP contribution in [0.25, 0.3) is 0 Å². The van der Waals surface area contributed by atoms with Crippen molar-refractivity contribution in [3.63, 3.8) is 0 Å². The van der Waals surface area contributed by atoms with Crippen molar-refractivity contribution < 1.29 is 48.3 Å². The smallest absolute Gasteiger partial charge is 0.243 e. The number of nitrogens with zero attached hydrogens (tertiary/aromatic N) is 1. The quantitative estimate of drug-likeness (QED) is 0.0224. The summed E-state index contributed by atoms with van der Waals surface area (Å²) in [6.07, 6.45) is -0.622. The van der Waals surface area contributed by atoms with Crippen molar-refractivity contribution in [1.29, 1.82) is 0 Å². The fourth-order valence-corrected chi connectivity index (χ4v) is 5.45. The van der Waals surface area contributed by atoms with Gasteiger partial charge in [0.1, 0.15) is 42.3 Å². The van der Waals surface area contributed by atoms with Crippen LogP contribution in [-0.4, -0.2) is 126 Å². The number of aliphatic hydroxyl groups excluding tert-OH is 1. The summed E-state index contributed by atoms with van der Waals surface area (Å²) >= 11 is 0. The molecule has 0 aliphatic carbocycles. The van der Waals surface area contributed by atoms with Crippen molar-refractivity contribution in [2.24, 2.45) is 39.6 Å². The van der Waals surface area contributed by atoms with Gasteiger partial charge in [0.15, 0.2) is 5.96 Å². The van der Waals surface area contributed by atoms with E-state index in [1.165, 1.54) is 6.92 Å². The molecule has 0 saturated heterocycles. The molecule has 0 bridgehead atoms. The Morgan fingerprint density at radius 2 is 1.18 bits per heavy atom. The summed E-state index contributed by atoms with van der Waals surface area (Å²) in [6.45, 7) is 5.30. The first-order chi connectivity index (χ1) is 28.2. The fourth-order valence-electron chi connectivity index (χ4n) is 5.45. The third kappa shape index (κ3) is 19.9. The number of nitrogens with two attached hydrogens (primary N) is 5. The number of rotatable bonds is 27. The molecule has 0 unspecified atom stereocenters. The van der Waals surface area contributed by atoms with Gasteiger partial charge in [-0.3, -0.25) is 48.1 Å². The second kappa shape index (κ2) is 26.6. The predicted molar refractivity (Wildman–Crippen MR) is 218 cm³/mol. The summed E-state index contributed by atoms with van der Waals surface area (Å²) in [5, 5.41) is 26.3. The normalized spacial score (nSPS) is 14.3. The first-order valence-corrected chi connectivity index (χ1v) is 19.3. The molecule has 60 heavy (non-hydrogen) atoms. The lowest BCUT2D eigenvalue weighted by molar-refractivity contribution is -0.136. The van der Waals surface area contributed by atoms with E-state index in [0.29, 0.717) is 5.56 Å². The molecule has 0 aliphatic heterocycles. The molecule has 1 aromatic rings. The molecule has 1 rings (SSSR count). The molecular formula is C37H61N13O10. The van der Waals surface area contributed by atoms with E-state index >= 15 is 0 Å². The van der Waals surface area contributed by atoms with E-state index in [4.69, 9.17) is 33.8 Å². The minimum absolute atomic E-state index is 0.00760. The molecule has 0 aliphatic rings. The number of hydrogen-bond acceptors (Lipinski definition) is 12. The van der Waals surface area contributed by atoms with Gasteiger partial charge in [-0.1, -0.05) is 51.1 Å². The van der Waals surface area contributed by atoms with Gasteiger partial charge in [0.05, 0.1) is 19.6 Å². The maximum atomic E-state index is 13.8. The number of primary amides is 2. The van der Waals surface area contributed by atoms with Crippen molar-refractivity contribution in [2.45, 2.75) is 109 Å². The van der Waals surface area contributed by atoms with Gasteiger partial charge < -0.3 is 71.0 Å². The van der Waals surface area contributed by atoms with Crippen molar-refractivity contribution >= 4 is 59.1 Å². The molecule has 334 valence electrons. The molecular weight excluding hydrogens is 786 g/mol. The highest BCUT2D eigenvalue weighted by molar-refractivity contribution is 5.98. The van der Waals surface area contributed by atoms with Crippen LogP contribution in [0.4, 0.5) is 0 Å². The molecule has 0 heterocycles. The van der Waals surface area contributed by atoms with Gasteiger partial charge in [0.2, 0.25) is 53.2 Å². The molecule has 18 N–H and O–H groups in total. The van der Waals surface area contributed by atoms with Crippen LogP contribution in [0, 0.1) is 5.92 Å². The van der Waals surface area contributed by atoms with Crippen LogP contribution < -0.4 is 65.9 Å². The minimum atomic E-state index is -1.66. The number of carbonyl (C=O) groups is 9. The molecule has 7 atom stereocenters. The van der Waals surface area contributed by atoms with E-state index in [-0.39, 0.29) is 50.5 Å². The molecule has 23 heteroatoms. The monoisotopic (exact) mass is 847 g/mol. The summed E-state index contributed by atoms with van der Waals surface area (Å²) < 4.78 is 0. The molecule has 23 nitrogen and oxygen atoms in total. The van der Waals surface area contributed by atoms with Gasteiger partial charge >= 0.3 is 0 Å². The number of aliphatic hydroxyl groups is 1. The minimum Gasteiger partial charge on any atom is -0.394 e. The van der Waals surface area contributed by atoms with Crippen LogP contribution in [0.2, 0.25) is 0 Å². The Kier molecular flexibility index (Phi) is 22.9. The Morgan fingerprint density at radius 1 is 0.650 bits per heavy atom. The summed E-state index contributed by atoms with van der Waals surface area (Å²) in [5.74, 6) is -8.12. The fraction of sp³-hybridized carbons (Fsp3) is 0.568. The topological polar surface area (TPSA) is 401 Å². The summed E-state index contributed by atoms with van der Waals surface area (Å²) in [4.78, 5) is 120. The third-order valence-electron chi connectivity index (χ3n) is 8.64. The van der Waals surface area contributed by atoms with E-state index in [0.717, 1.165) is 0 Å². The Morgan fingerprint density at radius 3 is 1.73 bits per heavy atom. The Hall–Kier alpha value is -6.36. The lowest BCUT2D eigenvalue weighted by Gasteiger charge is -2.27. The molecule has 0 aromatic heterocycles. The number of aliphatic imine (C=N–C) groups is 1. The number of carbonyl (C=O) groups excluding carboxylic acids is 9. The Labute approximate surface area is 347 Å². The summed E-state index contributed by atoms with van der Waals surface area (Å²) in [5.41, 5.74) is 27.6. The van der Waals surface area contributed by atoms with Gasteiger partial charge in [-0.2, -0.15) is 0 Å². The molecule has 0 radical (unpaired) electrons. The van der Waals surface area contributed by atoms with Crippen LogP contribution >= 0.6 is 0 Å². The molecule has 9 amide bonds. The van der Waals surface area contributed by atoms with Crippen molar-refractivity contribution in [3.05, 3.63) is 35.9 Å². The van der Waals surface area contributed by atoms with Gasteiger partial charge in [0, 0.05) is 13.0 Å². The predicted octanol–water partition coefficient (Wildman–Crippen LogP) is -5.54. The van der Waals surface area contributed by atoms with Crippen molar-refractivity contribution in [1.82, 2.24) is 37.2 Å². The highest BCUT2D eigenvalue weighted by Gasteiger charge is 2.34. The zero-order valence-corrected chi connectivity index (χ0v) is 34.3. The first-order valence-electron chi connectivity index (χ1n) is 19.3. The average Bonchev–Trinajstić information content (AvgIpc) is 3.18. The van der Waals surface area contributed by atoms with Crippen LogP contribution in [0.15, 0.2) is 35.3 Å². The van der Waals surface area contributed by atoms with Gasteiger partial charge in [0.25, 0.3) is 0 Å². The number of amides is 9. The van der Waals surface area contributed by atoms with E-state index in [1.807, 2.05) is 0 Å². The largest absolute Gasteiger partial charge is 0.394 e. The zero-order valence-electron chi connectivity index (χ0n) is 34.3. The Bertz CT molecular complexity index is 1670. The molecule has 0 fully saturated rings. The number of hydrogen-bond donors (Lipinski definition) is 13. The second-order valence-electron chi connectivity index (χ2n) is 14.4. The molecule has 0 spiro atoms. The second-order valence-corrected chi connectivity index (χ2v) is 14.4. The lowest BCUT2D eigenvalue weighted by atomic mass is 10.00. The van der Waals surface area contributed by atoms with E-state index < -0.39 is 115 Å². The standard InChI is InChI=1S/C37H61N13O10/c1-5-23(46-30(54)20(4)45-31(55)22(38)18-51)33(57)47-24(12-9-13-43-37(41)42)34(58)50-27(16-28(39)52)36(60)48-25(14-19(2)3)35(59)49-26(32(56)44-17-29(40)53)15-21-10-7-6-8-11-21/h6-8,10-11,19-20,22-27,51H,5,9,12-18,38H2,1-4H3,(H2,39,52)(H2,40,53)(H,44,56)(H,45,55)(H,46,54)(H,47,57)(H,48,60)(H,49,59)(H,50,58)(H4,41,42,43)/t20-,22-,23-,24-,25-,26-,27-/m0/s1. The average molecular weight is 848 g/mol. The summed E-state index contributed by atoms with van der Waals surface area (Å²) in [7, 11) is 0. The van der Waals surface area contributed by atoms with Crippen LogP contribution in [0.3, 0.4) is 0 Å². The maximum absolute atomic E-state index is 13.8. The van der Waals surface area contributed by atoms with Crippen molar-refractivity contribution in [3.8, 4) is 0 Å². The number of nitrogens with one attached hydrogen (secondary N) is 7. The van der Waals surface area contributed by atoms with Crippen LogP contribution in [0.1, 0.15) is 65.4 Å². The molecule has 0 saturated carbocycles. The highest BCUT2D eigenvalue weighted by atomic mass is 16.3. The Balaban J connectivity index is 3.33. The van der Waals surface area contributed by atoms with E-state index in [2.05, 4.69) is 42.2 Å². The van der Waals surface area contributed by atoms with Gasteiger partial charge in [-0.15, -0.1) is 0 Å². The van der Waals surface area contributed by atoms with E-state index in [9.17, 15) is 43.2 Å². The van der Waals surface area contributed by atoms with Crippen molar-refractivity contribution in [2.75, 3.05) is 19.7 Å². The highest BCUT2D eigenvalue weighted by Crippen LogP contribution is 2.10. The zero-order chi connectivity index (χ0) is 45.5. The van der Waals surface area contributed by atoms with Crippen LogP contribution in [-0.2, 0) is 49.6 Å². The maximum Gasteiger partial charge on any atom is 0.243 e. The summed E-state index contributed by atoms with van der Waals surface area (Å²) in [6, 6.07) is -0.580.